The van der Waals surface area contributed by atoms with Crippen LogP contribution in [0.4, 0.5) is 4.39 Å². The van der Waals surface area contributed by atoms with Crippen LogP contribution in [0.2, 0.25) is 0 Å². The number of hydrogen-bond donors (Lipinski definition) is 1. The molecule has 0 unspecified atom stereocenters. The number of aromatic nitrogens is 1. The molecular weight excluding hydrogens is 509 g/mol. The number of benzene rings is 2. The largest absolute Gasteiger partial charge is 0.486 e. The Morgan fingerprint density at radius 3 is 2.70 bits per heavy atom. The number of ether oxygens (including phenoxy) is 1. The van der Waals surface area contributed by atoms with Crippen LogP contribution in [-0.2, 0) is 24.4 Å². The minimum absolute atomic E-state index is 0.0477. The van der Waals surface area contributed by atoms with E-state index >= 15 is 0 Å². The van der Waals surface area contributed by atoms with Gasteiger partial charge in [0.05, 0.1) is 6.04 Å². The van der Waals surface area contributed by atoms with Crippen molar-refractivity contribution >= 4 is 11.8 Å². The molecule has 8 heteroatoms. The Morgan fingerprint density at radius 1 is 1.10 bits per heavy atom. The van der Waals surface area contributed by atoms with Crippen molar-refractivity contribution in [3.05, 3.63) is 119 Å². The first-order chi connectivity index (χ1) is 19.4. The Morgan fingerprint density at radius 2 is 1.93 bits per heavy atom. The lowest BCUT2D eigenvalue weighted by Gasteiger charge is -2.38. The highest BCUT2D eigenvalue weighted by atomic mass is 19.1. The van der Waals surface area contributed by atoms with Crippen molar-refractivity contribution < 1.29 is 23.1 Å². The van der Waals surface area contributed by atoms with Crippen LogP contribution in [0.3, 0.4) is 0 Å². The fourth-order valence-corrected chi connectivity index (χ4v) is 4.96. The maximum Gasteiger partial charge on any atom is 0.287 e. The second-order valence-electron chi connectivity index (χ2n) is 10.3. The van der Waals surface area contributed by atoms with Gasteiger partial charge in [-0.15, -0.1) is 0 Å². The summed E-state index contributed by atoms with van der Waals surface area (Å²) in [5.74, 6) is 0.899. The molecule has 0 spiro atoms. The molecule has 206 valence electrons. The van der Waals surface area contributed by atoms with Gasteiger partial charge in [0.2, 0.25) is 5.91 Å². The van der Waals surface area contributed by atoms with Crippen LogP contribution in [0.15, 0.2) is 83.5 Å². The number of furan rings is 1. The van der Waals surface area contributed by atoms with Crippen LogP contribution in [0.5, 0.6) is 5.75 Å². The molecule has 1 N–H and O–H groups in total. The Kier molecular flexibility index (Phi) is 8.24. The molecule has 0 radical (unpaired) electrons. The fraction of sp³-hybridized carbons (Fsp3) is 0.281. The SMILES string of the molecule is CC(C)CC(=O)N1CCc2ccc(OCc3ccc(C(=O)NCc4ccncc4)o3)cc2[C@H]1c1cccc(F)c1. The van der Waals surface area contributed by atoms with Crippen LogP contribution in [0.25, 0.3) is 0 Å². The summed E-state index contributed by atoms with van der Waals surface area (Å²) in [6, 6.07) is 18.8. The average Bonchev–Trinajstić information content (AvgIpc) is 3.43. The van der Waals surface area contributed by atoms with E-state index in [1.54, 1.807) is 30.6 Å². The molecule has 0 aliphatic carbocycles. The third-order valence-corrected chi connectivity index (χ3v) is 6.88. The number of rotatable bonds is 9. The number of amides is 2. The van der Waals surface area contributed by atoms with Crippen molar-refractivity contribution in [2.75, 3.05) is 6.54 Å². The summed E-state index contributed by atoms with van der Waals surface area (Å²) < 4.78 is 26.0. The van der Waals surface area contributed by atoms with Gasteiger partial charge < -0.3 is 19.4 Å². The van der Waals surface area contributed by atoms with Crippen LogP contribution in [-0.4, -0.2) is 28.2 Å². The lowest BCUT2D eigenvalue weighted by Crippen LogP contribution is -2.41. The predicted octanol–water partition coefficient (Wildman–Crippen LogP) is 5.84. The molecular formula is C32H32FN3O4. The average molecular weight is 542 g/mol. The van der Waals surface area contributed by atoms with E-state index in [-0.39, 0.29) is 35.9 Å². The lowest BCUT2D eigenvalue weighted by molar-refractivity contribution is -0.134. The van der Waals surface area contributed by atoms with Gasteiger partial charge in [-0.3, -0.25) is 14.6 Å². The molecule has 0 bridgehead atoms. The van der Waals surface area contributed by atoms with Crippen LogP contribution in [0.1, 0.15) is 64.9 Å². The Balaban J connectivity index is 1.31. The second kappa shape index (κ2) is 12.2. The molecule has 1 atom stereocenters. The lowest BCUT2D eigenvalue weighted by atomic mass is 9.87. The fourth-order valence-electron chi connectivity index (χ4n) is 4.96. The zero-order valence-electron chi connectivity index (χ0n) is 22.6. The molecule has 2 aromatic carbocycles. The van der Waals surface area contributed by atoms with Gasteiger partial charge in [0.1, 0.15) is 23.9 Å². The number of nitrogens with one attached hydrogen (secondary N) is 1. The van der Waals surface area contributed by atoms with Gasteiger partial charge in [-0.1, -0.05) is 32.0 Å². The molecule has 2 aromatic heterocycles. The van der Waals surface area contributed by atoms with Crippen LogP contribution in [0, 0.1) is 11.7 Å². The summed E-state index contributed by atoms with van der Waals surface area (Å²) >= 11 is 0. The Labute approximate surface area is 233 Å². The maximum atomic E-state index is 14.2. The van der Waals surface area contributed by atoms with Gasteiger partial charge >= 0.3 is 0 Å². The molecule has 1 aliphatic rings. The highest BCUT2D eigenvalue weighted by Crippen LogP contribution is 2.38. The van der Waals surface area contributed by atoms with Gasteiger partial charge in [-0.25, -0.2) is 4.39 Å². The summed E-state index contributed by atoms with van der Waals surface area (Å²) in [5.41, 5.74) is 3.68. The van der Waals surface area contributed by atoms with Crippen molar-refractivity contribution in [1.29, 1.82) is 0 Å². The third kappa shape index (κ3) is 6.39. The normalized spacial score (nSPS) is 14.6. The molecule has 4 aromatic rings. The number of hydrogen-bond acceptors (Lipinski definition) is 5. The zero-order valence-corrected chi connectivity index (χ0v) is 22.6. The highest BCUT2D eigenvalue weighted by molar-refractivity contribution is 5.91. The minimum Gasteiger partial charge on any atom is -0.486 e. The maximum absolute atomic E-state index is 14.2. The van der Waals surface area contributed by atoms with Crippen molar-refractivity contribution in [3.63, 3.8) is 0 Å². The summed E-state index contributed by atoms with van der Waals surface area (Å²) in [6.07, 6.45) is 4.48. The summed E-state index contributed by atoms with van der Waals surface area (Å²) in [5, 5.41) is 2.83. The first-order valence-corrected chi connectivity index (χ1v) is 13.4. The quantitative estimate of drug-likeness (QED) is 0.288. The van der Waals surface area contributed by atoms with Gasteiger partial charge in [0, 0.05) is 31.9 Å². The first-order valence-electron chi connectivity index (χ1n) is 13.4. The molecule has 40 heavy (non-hydrogen) atoms. The number of fused-ring (bicyclic) bond motifs is 1. The number of nitrogens with zero attached hydrogens (tertiary/aromatic N) is 2. The summed E-state index contributed by atoms with van der Waals surface area (Å²) in [4.78, 5) is 31.5. The monoisotopic (exact) mass is 541 g/mol. The van der Waals surface area contributed by atoms with E-state index in [2.05, 4.69) is 10.3 Å². The summed E-state index contributed by atoms with van der Waals surface area (Å²) in [6.45, 7) is 5.09. The van der Waals surface area contributed by atoms with Gasteiger partial charge in [0.15, 0.2) is 5.76 Å². The van der Waals surface area contributed by atoms with Gasteiger partial charge in [-0.05, 0) is 83.1 Å². The van der Waals surface area contributed by atoms with E-state index < -0.39 is 6.04 Å². The van der Waals surface area contributed by atoms with Crippen molar-refractivity contribution in [2.24, 2.45) is 5.92 Å². The smallest absolute Gasteiger partial charge is 0.287 e. The van der Waals surface area contributed by atoms with Crippen molar-refractivity contribution in [3.8, 4) is 5.75 Å². The second-order valence-corrected chi connectivity index (χ2v) is 10.3. The predicted molar refractivity (Wildman–Crippen MR) is 148 cm³/mol. The van der Waals surface area contributed by atoms with Crippen LogP contribution < -0.4 is 10.1 Å². The van der Waals surface area contributed by atoms with E-state index in [4.69, 9.17) is 9.15 Å². The van der Waals surface area contributed by atoms with E-state index in [0.717, 1.165) is 22.3 Å². The zero-order chi connectivity index (χ0) is 28.1. The molecule has 3 heterocycles. The summed E-state index contributed by atoms with van der Waals surface area (Å²) in [7, 11) is 0. The minimum atomic E-state index is -0.409. The topological polar surface area (TPSA) is 84.7 Å². The molecule has 0 fully saturated rings. The number of carbonyl (C=O) groups excluding carboxylic acids is 2. The van der Waals surface area contributed by atoms with Crippen molar-refractivity contribution in [1.82, 2.24) is 15.2 Å². The van der Waals surface area contributed by atoms with E-state index in [1.807, 2.05) is 55.1 Å². The van der Waals surface area contributed by atoms with Gasteiger partial charge in [-0.2, -0.15) is 0 Å². The van der Waals surface area contributed by atoms with Crippen LogP contribution >= 0.6 is 0 Å². The molecule has 0 saturated heterocycles. The van der Waals surface area contributed by atoms with E-state index in [9.17, 15) is 14.0 Å². The number of halogens is 1. The first kappa shape index (κ1) is 27.1. The standard InChI is InChI=1S/C32H32FN3O4/c1-21(2)16-30(37)36-15-12-23-6-7-26(18-28(23)31(36)24-4-3-5-25(33)17-24)39-20-27-8-9-29(40-27)32(38)35-19-22-10-13-34-14-11-22/h3-11,13-14,17-18,21,31H,12,15-16,19-20H2,1-2H3,(H,35,38)/t31-/m1/s1. The molecule has 0 saturated carbocycles. The third-order valence-electron chi connectivity index (χ3n) is 6.88. The Hall–Kier alpha value is -4.46. The highest BCUT2D eigenvalue weighted by Gasteiger charge is 2.32. The Bertz CT molecular complexity index is 1480. The molecule has 1 aliphatic heterocycles. The van der Waals surface area contributed by atoms with E-state index in [1.165, 1.54) is 12.1 Å². The molecule has 2 amide bonds. The number of carbonyl (C=O) groups is 2. The molecule has 5 rings (SSSR count). The van der Waals surface area contributed by atoms with Crippen molar-refractivity contribution in [2.45, 2.75) is 45.9 Å². The van der Waals surface area contributed by atoms with Gasteiger partial charge in [0.25, 0.3) is 5.91 Å². The molecule has 7 nitrogen and oxygen atoms in total. The van der Waals surface area contributed by atoms with E-state index in [0.29, 0.717) is 37.4 Å². The number of pyridine rings is 1.